The van der Waals surface area contributed by atoms with Gasteiger partial charge in [0.15, 0.2) is 0 Å². The molecule has 0 atom stereocenters. The lowest BCUT2D eigenvalue weighted by Crippen LogP contribution is -1.95. The highest BCUT2D eigenvalue weighted by Crippen LogP contribution is 2.51. The average Bonchev–Trinajstić information content (AvgIpc) is 3.69. The van der Waals surface area contributed by atoms with Crippen molar-refractivity contribution in [3.63, 3.8) is 0 Å². The lowest BCUT2D eigenvalue weighted by Gasteiger charge is -2.12. The molecule has 5 aromatic carbocycles. The van der Waals surface area contributed by atoms with Crippen molar-refractivity contribution in [2.45, 2.75) is 9.79 Å². The minimum atomic E-state index is -3.49. The number of hydrogen-bond acceptors (Lipinski definition) is 4. The first kappa shape index (κ1) is 22.9. The molecule has 8 rings (SSSR count). The molecular weight excluding hydrogens is 537 g/mol. The van der Waals surface area contributed by atoms with E-state index in [1.54, 1.807) is 40.9 Å². The summed E-state index contributed by atoms with van der Waals surface area (Å²) >= 11 is 3.56. The molecular formula is C34H20O2S3. The monoisotopic (exact) mass is 556 g/mol. The molecule has 0 saturated heterocycles. The molecule has 0 unspecified atom stereocenters. The van der Waals surface area contributed by atoms with E-state index in [9.17, 15) is 8.42 Å². The van der Waals surface area contributed by atoms with Crippen LogP contribution in [0.25, 0.3) is 64.0 Å². The van der Waals surface area contributed by atoms with E-state index in [0.29, 0.717) is 9.79 Å². The number of thiophene rings is 2. The van der Waals surface area contributed by atoms with Crippen molar-refractivity contribution in [3.8, 4) is 43.8 Å². The van der Waals surface area contributed by atoms with Crippen LogP contribution in [0.1, 0.15) is 0 Å². The van der Waals surface area contributed by atoms with Gasteiger partial charge in [0.1, 0.15) is 0 Å². The summed E-state index contributed by atoms with van der Waals surface area (Å²) in [5.41, 5.74) is 7.52. The largest absolute Gasteiger partial charge is 0.218 e. The van der Waals surface area contributed by atoms with Crippen LogP contribution in [0.4, 0.5) is 0 Å². The van der Waals surface area contributed by atoms with Crippen LogP contribution in [-0.2, 0) is 9.84 Å². The van der Waals surface area contributed by atoms with Gasteiger partial charge < -0.3 is 0 Å². The topological polar surface area (TPSA) is 34.1 Å². The van der Waals surface area contributed by atoms with Crippen molar-refractivity contribution in [1.82, 2.24) is 0 Å². The third kappa shape index (κ3) is 3.34. The molecule has 39 heavy (non-hydrogen) atoms. The van der Waals surface area contributed by atoms with Crippen LogP contribution in [0.3, 0.4) is 0 Å². The highest BCUT2D eigenvalue weighted by molar-refractivity contribution is 7.92. The van der Waals surface area contributed by atoms with Gasteiger partial charge in [-0.15, -0.1) is 22.7 Å². The lowest BCUT2D eigenvalue weighted by molar-refractivity contribution is 0.598. The normalized spacial score (nSPS) is 13.5. The Hall–Kier alpha value is -4.03. The van der Waals surface area contributed by atoms with Gasteiger partial charge in [-0.3, -0.25) is 0 Å². The Balaban J connectivity index is 1.44. The highest BCUT2D eigenvalue weighted by atomic mass is 32.2. The van der Waals surface area contributed by atoms with E-state index < -0.39 is 9.84 Å². The van der Waals surface area contributed by atoms with Crippen molar-refractivity contribution >= 4 is 52.7 Å². The molecule has 0 saturated carbocycles. The Morgan fingerprint density at radius 1 is 0.513 bits per heavy atom. The molecule has 0 spiro atoms. The molecule has 0 radical (unpaired) electrons. The Bertz CT molecular complexity index is 2080. The summed E-state index contributed by atoms with van der Waals surface area (Å²) in [4.78, 5) is 1.91. The summed E-state index contributed by atoms with van der Waals surface area (Å²) in [6, 6.07) is 38.9. The lowest BCUT2D eigenvalue weighted by atomic mass is 9.93. The molecule has 2 aromatic heterocycles. The summed E-state index contributed by atoms with van der Waals surface area (Å²) < 4.78 is 28.9. The Labute approximate surface area is 234 Å². The van der Waals surface area contributed by atoms with Crippen molar-refractivity contribution in [2.24, 2.45) is 0 Å². The van der Waals surface area contributed by atoms with Crippen LogP contribution >= 0.6 is 22.7 Å². The zero-order valence-corrected chi connectivity index (χ0v) is 23.0. The van der Waals surface area contributed by atoms with Gasteiger partial charge in [0.2, 0.25) is 9.84 Å². The van der Waals surface area contributed by atoms with E-state index >= 15 is 0 Å². The van der Waals surface area contributed by atoms with Gasteiger partial charge >= 0.3 is 0 Å². The van der Waals surface area contributed by atoms with E-state index in [4.69, 9.17) is 0 Å². The van der Waals surface area contributed by atoms with E-state index in [1.807, 2.05) is 18.2 Å². The standard InChI is InChI=1S/C34H20O2S3/c35-39(36)29-14-8-7-13-24(29)26-19-23(15-16-30(26)39)28-20-27-32(22-11-5-2-6-12-22)33-25(17-18-37-33)31(34(27)38-28)21-9-3-1-4-10-21/h1-20H. The van der Waals surface area contributed by atoms with Gasteiger partial charge in [0.25, 0.3) is 0 Å². The fraction of sp³-hybridized carbons (Fsp3) is 0. The number of sulfone groups is 1. The molecule has 0 fully saturated rings. The molecule has 5 heteroatoms. The summed E-state index contributed by atoms with van der Waals surface area (Å²) in [6.07, 6.45) is 0. The van der Waals surface area contributed by atoms with Crippen molar-refractivity contribution in [2.75, 3.05) is 0 Å². The third-order valence-corrected chi connectivity index (χ3v) is 11.5. The molecule has 7 aromatic rings. The van der Waals surface area contributed by atoms with Gasteiger partial charge in [-0.2, -0.15) is 0 Å². The van der Waals surface area contributed by atoms with E-state index in [0.717, 1.165) is 21.6 Å². The first-order valence-corrected chi connectivity index (χ1v) is 15.9. The van der Waals surface area contributed by atoms with Crippen LogP contribution < -0.4 is 0 Å². The number of fused-ring (bicyclic) bond motifs is 5. The minimum absolute atomic E-state index is 0.393. The molecule has 2 nitrogen and oxygen atoms in total. The predicted octanol–water partition coefficient (Wildman–Crippen LogP) is 9.93. The molecule has 0 bridgehead atoms. The van der Waals surface area contributed by atoms with Gasteiger partial charge in [-0.25, -0.2) is 8.42 Å². The smallest absolute Gasteiger partial charge is 0.207 e. The van der Waals surface area contributed by atoms with Crippen LogP contribution in [0.15, 0.2) is 130 Å². The quantitative estimate of drug-likeness (QED) is 0.217. The zero-order valence-electron chi connectivity index (χ0n) is 20.6. The van der Waals surface area contributed by atoms with Crippen molar-refractivity contribution < 1.29 is 8.42 Å². The molecule has 0 N–H and O–H groups in total. The van der Waals surface area contributed by atoms with Gasteiger partial charge in [-0.05, 0) is 52.4 Å². The first-order chi connectivity index (χ1) is 19.1. The van der Waals surface area contributed by atoms with E-state index in [1.165, 1.54) is 42.4 Å². The van der Waals surface area contributed by atoms with Crippen LogP contribution in [0.5, 0.6) is 0 Å². The van der Waals surface area contributed by atoms with Gasteiger partial charge in [0, 0.05) is 47.3 Å². The molecule has 0 amide bonds. The van der Waals surface area contributed by atoms with E-state index in [-0.39, 0.29) is 0 Å². The Morgan fingerprint density at radius 3 is 1.90 bits per heavy atom. The van der Waals surface area contributed by atoms with Crippen LogP contribution in [0.2, 0.25) is 0 Å². The molecule has 1 aliphatic heterocycles. The Morgan fingerprint density at radius 2 is 1.15 bits per heavy atom. The van der Waals surface area contributed by atoms with E-state index in [2.05, 4.69) is 84.2 Å². The molecule has 3 heterocycles. The number of benzene rings is 5. The second-order valence-corrected chi connectivity index (χ2v) is 13.6. The maximum atomic E-state index is 13.2. The summed E-state index contributed by atoms with van der Waals surface area (Å²) in [5.74, 6) is 0. The second kappa shape index (κ2) is 8.48. The minimum Gasteiger partial charge on any atom is -0.218 e. The fourth-order valence-corrected chi connectivity index (χ4v) is 9.69. The average molecular weight is 557 g/mol. The predicted molar refractivity (Wildman–Crippen MR) is 164 cm³/mol. The maximum absolute atomic E-state index is 13.2. The van der Waals surface area contributed by atoms with Crippen LogP contribution in [-0.4, -0.2) is 8.42 Å². The first-order valence-electron chi connectivity index (χ1n) is 12.7. The Kier molecular flexibility index (Phi) is 4.98. The highest BCUT2D eigenvalue weighted by Gasteiger charge is 2.32. The summed E-state index contributed by atoms with van der Waals surface area (Å²) in [7, 11) is -3.49. The SMILES string of the molecule is O=S1(=O)c2ccccc2-c2cc(-c3cc4c(-c5ccccc5)c5sccc5c(-c5ccccc5)c4s3)ccc21. The molecule has 0 aliphatic carbocycles. The van der Waals surface area contributed by atoms with Crippen LogP contribution in [0, 0.1) is 0 Å². The number of rotatable bonds is 3. The van der Waals surface area contributed by atoms with Crippen molar-refractivity contribution in [3.05, 3.63) is 121 Å². The molecule has 1 aliphatic rings. The summed E-state index contributed by atoms with van der Waals surface area (Å²) in [6.45, 7) is 0. The summed E-state index contributed by atoms with van der Waals surface area (Å²) in [5, 5.41) is 4.68. The molecule has 186 valence electrons. The fourth-order valence-electron chi connectivity index (χ4n) is 5.80. The third-order valence-electron chi connectivity index (χ3n) is 7.54. The number of hydrogen-bond donors (Lipinski definition) is 0. The maximum Gasteiger partial charge on any atom is 0.207 e. The van der Waals surface area contributed by atoms with Crippen molar-refractivity contribution in [1.29, 1.82) is 0 Å². The second-order valence-electron chi connectivity index (χ2n) is 9.71. The van der Waals surface area contributed by atoms with Gasteiger partial charge in [-0.1, -0.05) is 84.9 Å². The van der Waals surface area contributed by atoms with Gasteiger partial charge in [0.05, 0.1) is 9.79 Å². The zero-order chi connectivity index (χ0) is 26.1.